The fourth-order valence-electron chi connectivity index (χ4n) is 1.85. The van der Waals surface area contributed by atoms with Crippen molar-refractivity contribution < 1.29 is 9.59 Å². The fourth-order valence-corrected chi connectivity index (χ4v) is 1.98. The van der Waals surface area contributed by atoms with Gasteiger partial charge in [-0.05, 0) is 38.4 Å². The van der Waals surface area contributed by atoms with Gasteiger partial charge in [-0.2, -0.15) is 0 Å². The average Bonchev–Trinajstić information content (AvgIpc) is 2.55. The average molecular weight is 268 g/mol. The van der Waals surface area contributed by atoms with Crippen LogP contribution < -0.4 is 10.2 Å². The molecule has 1 heterocycles. The largest absolute Gasteiger partial charge is 0.329 e. The highest BCUT2D eigenvalue weighted by Gasteiger charge is 2.38. The number of nitrogens with zero attached hydrogens (tertiary/aromatic N) is 2. The third-order valence-electron chi connectivity index (χ3n) is 2.65. The number of carbonyl (C=O) groups is 2. The summed E-state index contributed by atoms with van der Waals surface area (Å²) in [6, 6.07) is 5.71. The number of benzene rings is 1. The normalized spacial score (nSPS) is 19.6. The highest BCUT2D eigenvalue weighted by molar-refractivity contribution is 6.30. The predicted octanol–water partition coefficient (Wildman–Crippen LogP) is 1.33. The van der Waals surface area contributed by atoms with Crippen molar-refractivity contribution in [3.8, 4) is 0 Å². The van der Waals surface area contributed by atoms with Crippen molar-refractivity contribution in [3.05, 3.63) is 29.3 Å². The van der Waals surface area contributed by atoms with Crippen molar-refractivity contribution in [2.24, 2.45) is 0 Å². The summed E-state index contributed by atoms with van der Waals surface area (Å²) in [7, 11) is 3.70. The molecule has 1 aliphatic rings. The molecule has 1 N–H and O–H groups in total. The van der Waals surface area contributed by atoms with Crippen LogP contribution in [-0.2, 0) is 4.79 Å². The zero-order chi connectivity index (χ0) is 13.3. The van der Waals surface area contributed by atoms with E-state index in [0.29, 0.717) is 17.3 Å². The van der Waals surface area contributed by atoms with E-state index in [9.17, 15) is 9.59 Å². The lowest BCUT2D eigenvalue weighted by molar-refractivity contribution is -0.118. The molecule has 0 aliphatic carbocycles. The van der Waals surface area contributed by atoms with Gasteiger partial charge in [0.1, 0.15) is 6.04 Å². The van der Waals surface area contributed by atoms with E-state index >= 15 is 0 Å². The van der Waals surface area contributed by atoms with Crippen LogP contribution in [0, 0.1) is 0 Å². The molecule has 1 unspecified atom stereocenters. The maximum Gasteiger partial charge on any atom is 0.329 e. The highest BCUT2D eigenvalue weighted by atomic mass is 35.5. The second-order valence-corrected chi connectivity index (χ2v) is 4.85. The number of rotatable bonds is 3. The van der Waals surface area contributed by atoms with Crippen LogP contribution >= 0.6 is 11.6 Å². The van der Waals surface area contributed by atoms with E-state index in [0.717, 1.165) is 4.90 Å². The summed E-state index contributed by atoms with van der Waals surface area (Å²) in [5.74, 6) is -0.240. The highest BCUT2D eigenvalue weighted by Crippen LogP contribution is 2.21. The molecule has 96 valence electrons. The number of likely N-dealkylation sites (N-methyl/N-ethyl adjacent to an activating group) is 1. The van der Waals surface area contributed by atoms with Gasteiger partial charge in [0, 0.05) is 11.6 Å². The summed E-state index contributed by atoms with van der Waals surface area (Å²) < 4.78 is 0. The van der Waals surface area contributed by atoms with E-state index in [1.54, 1.807) is 24.3 Å². The lowest BCUT2D eigenvalue weighted by Crippen LogP contribution is -2.39. The zero-order valence-electron chi connectivity index (χ0n) is 10.2. The van der Waals surface area contributed by atoms with Gasteiger partial charge in [0.2, 0.25) is 0 Å². The number of carbonyl (C=O) groups excluding carboxylic acids is 2. The third-order valence-corrected chi connectivity index (χ3v) is 2.90. The first kappa shape index (κ1) is 12.9. The fraction of sp³-hybridized carbons (Fsp3) is 0.333. The summed E-state index contributed by atoms with van der Waals surface area (Å²) in [6.07, 6.45) is 0. The number of urea groups is 1. The lowest BCUT2D eigenvalue weighted by atomic mass is 10.2. The van der Waals surface area contributed by atoms with E-state index in [4.69, 9.17) is 11.6 Å². The van der Waals surface area contributed by atoms with Crippen LogP contribution in [-0.4, -0.2) is 43.5 Å². The maximum atomic E-state index is 12.1. The number of imide groups is 1. The van der Waals surface area contributed by atoms with E-state index in [2.05, 4.69) is 5.32 Å². The summed E-state index contributed by atoms with van der Waals surface area (Å²) in [5.41, 5.74) is 0.531. The molecule has 1 saturated heterocycles. The van der Waals surface area contributed by atoms with E-state index in [-0.39, 0.29) is 5.91 Å². The topological polar surface area (TPSA) is 52.7 Å². The quantitative estimate of drug-likeness (QED) is 0.841. The van der Waals surface area contributed by atoms with Crippen molar-refractivity contribution in [2.45, 2.75) is 6.04 Å². The van der Waals surface area contributed by atoms with Crippen molar-refractivity contribution in [1.29, 1.82) is 0 Å². The molecule has 1 fully saturated rings. The number of hydrogen-bond acceptors (Lipinski definition) is 3. The molecule has 1 aromatic carbocycles. The number of nitrogens with one attached hydrogen (secondary N) is 1. The zero-order valence-corrected chi connectivity index (χ0v) is 10.9. The van der Waals surface area contributed by atoms with Crippen LogP contribution in [0.2, 0.25) is 5.02 Å². The Balaban J connectivity index is 2.21. The molecule has 0 radical (unpaired) electrons. The van der Waals surface area contributed by atoms with E-state index in [1.807, 2.05) is 19.0 Å². The minimum absolute atomic E-state index is 0.240. The summed E-state index contributed by atoms with van der Waals surface area (Å²) in [5, 5.41) is 3.23. The van der Waals surface area contributed by atoms with Crippen molar-refractivity contribution in [2.75, 3.05) is 25.5 Å². The Bertz CT molecular complexity index is 473. The van der Waals surface area contributed by atoms with Crippen LogP contribution in [0.25, 0.3) is 0 Å². The van der Waals surface area contributed by atoms with Crippen molar-refractivity contribution in [3.63, 3.8) is 0 Å². The van der Waals surface area contributed by atoms with Gasteiger partial charge in [-0.3, -0.25) is 4.79 Å². The van der Waals surface area contributed by atoms with Gasteiger partial charge in [0.25, 0.3) is 5.91 Å². The monoisotopic (exact) mass is 267 g/mol. The molecule has 3 amide bonds. The predicted molar refractivity (Wildman–Crippen MR) is 69.8 cm³/mol. The molecule has 1 aromatic rings. The summed E-state index contributed by atoms with van der Waals surface area (Å²) >= 11 is 5.78. The van der Waals surface area contributed by atoms with Crippen LogP contribution in [0.1, 0.15) is 0 Å². The smallest absolute Gasteiger partial charge is 0.324 e. The van der Waals surface area contributed by atoms with Gasteiger partial charge in [-0.25, -0.2) is 9.69 Å². The van der Waals surface area contributed by atoms with Crippen molar-refractivity contribution >= 4 is 29.2 Å². The summed E-state index contributed by atoms with van der Waals surface area (Å²) in [4.78, 5) is 26.9. The molecule has 6 heteroatoms. The Morgan fingerprint density at radius 2 is 1.89 bits per heavy atom. The van der Waals surface area contributed by atoms with Gasteiger partial charge in [0.15, 0.2) is 0 Å². The van der Waals surface area contributed by atoms with Crippen LogP contribution in [0.4, 0.5) is 10.5 Å². The van der Waals surface area contributed by atoms with Gasteiger partial charge in [-0.1, -0.05) is 11.6 Å². The molecule has 0 bridgehead atoms. The third kappa shape index (κ3) is 2.47. The summed E-state index contributed by atoms with van der Waals surface area (Å²) in [6.45, 7) is 0.481. The maximum absolute atomic E-state index is 12.1. The first-order valence-corrected chi connectivity index (χ1v) is 5.91. The molecule has 1 atom stereocenters. The number of amides is 3. The minimum atomic E-state index is -0.497. The van der Waals surface area contributed by atoms with Gasteiger partial charge < -0.3 is 10.2 Å². The van der Waals surface area contributed by atoms with Crippen molar-refractivity contribution in [1.82, 2.24) is 10.2 Å². The molecule has 2 rings (SSSR count). The van der Waals surface area contributed by atoms with Crippen LogP contribution in [0.3, 0.4) is 0 Å². The first-order chi connectivity index (χ1) is 8.49. The Labute approximate surface area is 110 Å². The Hall–Kier alpha value is -1.59. The molecule has 0 saturated carbocycles. The molecule has 5 nitrogen and oxygen atoms in total. The Morgan fingerprint density at radius 1 is 1.28 bits per heavy atom. The molecule has 18 heavy (non-hydrogen) atoms. The number of hydrogen-bond donors (Lipinski definition) is 1. The Kier molecular flexibility index (Phi) is 3.54. The standard InChI is InChI=1S/C12H14ClN3O2/c1-15(2)7-10-11(17)16(12(18)14-10)9-5-3-8(13)4-6-9/h3-6,10H,7H2,1-2H3,(H,14,18). The molecule has 0 aromatic heterocycles. The van der Waals surface area contributed by atoms with E-state index < -0.39 is 12.1 Å². The lowest BCUT2D eigenvalue weighted by Gasteiger charge is -2.15. The second kappa shape index (κ2) is 4.96. The van der Waals surface area contributed by atoms with Gasteiger partial charge in [0.05, 0.1) is 5.69 Å². The van der Waals surface area contributed by atoms with Gasteiger partial charge >= 0.3 is 6.03 Å². The molecular formula is C12H14ClN3O2. The SMILES string of the molecule is CN(C)CC1NC(=O)N(c2ccc(Cl)cc2)C1=O. The molecule has 1 aliphatic heterocycles. The molecular weight excluding hydrogens is 254 g/mol. The molecule has 0 spiro atoms. The number of halogens is 1. The van der Waals surface area contributed by atoms with E-state index in [1.165, 1.54) is 0 Å². The Morgan fingerprint density at radius 3 is 2.44 bits per heavy atom. The van der Waals surface area contributed by atoms with Gasteiger partial charge in [-0.15, -0.1) is 0 Å². The minimum Gasteiger partial charge on any atom is -0.324 e. The first-order valence-electron chi connectivity index (χ1n) is 5.54. The number of anilines is 1. The van der Waals surface area contributed by atoms with Crippen LogP contribution in [0.5, 0.6) is 0 Å². The second-order valence-electron chi connectivity index (χ2n) is 4.41. The van der Waals surface area contributed by atoms with Crippen LogP contribution in [0.15, 0.2) is 24.3 Å².